The Bertz CT molecular complexity index is 442. The Morgan fingerprint density at radius 1 is 1.30 bits per heavy atom. The van der Waals surface area contributed by atoms with Gasteiger partial charge in [-0.3, -0.25) is 4.79 Å². The number of hydrogen-bond acceptors (Lipinski definition) is 2. The Kier molecular flexibility index (Phi) is 7.11. The number of benzene rings is 1. The maximum Gasteiger partial charge on any atom is 0.326 e. The van der Waals surface area contributed by atoms with Gasteiger partial charge in [0.05, 0.1) is 0 Å². The summed E-state index contributed by atoms with van der Waals surface area (Å²) in [4.78, 5) is 22.8. The van der Waals surface area contributed by atoms with Crippen LogP contribution >= 0.6 is 0 Å². The first kappa shape index (κ1) is 16.0. The number of nitrogens with one attached hydrogen (secondary N) is 1. The summed E-state index contributed by atoms with van der Waals surface area (Å²) in [6.45, 7) is 3.59. The van der Waals surface area contributed by atoms with Gasteiger partial charge in [-0.1, -0.05) is 36.4 Å². The summed E-state index contributed by atoms with van der Waals surface area (Å²) < 4.78 is 0. The lowest BCUT2D eigenvalue weighted by Gasteiger charge is -2.14. The lowest BCUT2D eigenvalue weighted by molar-refractivity contribution is -0.142. The summed E-state index contributed by atoms with van der Waals surface area (Å²) in [5, 5.41) is 11.6. The van der Waals surface area contributed by atoms with Gasteiger partial charge in [-0.2, -0.15) is 0 Å². The number of carbonyl (C=O) groups is 2. The van der Waals surface area contributed by atoms with Crippen molar-refractivity contribution in [2.75, 3.05) is 0 Å². The van der Waals surface area contributed by atoms with E-state index in [2.05, 4.69) is 11.9 Å². The molecular formula is C16H21NO3. The minimum Gasteiger partial charge on any atom is -0.480 e. The molecule has 0 unspecified atom stereocenters. The summed E-state index contributed by atoms with van der Waals surface area (Å²) in [5.74, 6) is -1.21. The molecule has 1 aromatic rings. The van der Waals surface area contributed by atoms with E-state index in [1.165, 1.54) is 0 Å². The van der Waals surface area contributed by atoms with E-state index in [1.807, 2.05) is 30.3 Å². The summed E-state index contributed by atoms with van der Waals surface area (Å²) in [5.41, 5.74) is 1.07. The van der Waals surface area contributed by atoms with E-state index in [4.69, 9.17) is 5.11 Å². The molecule has 2 N–H and O–H groups in total. The van der Waals surface area contributed by atoms with Crippen LogP contribution in [0.3, 0.4) is 0 Å². The van der Waals surface area contributed by atoms with Crippen molar-refractivity contribution in [2.45, 2.75) is 38.1 Å². The van der Waals surface area contributed by atoms with Crippen molar-refractivity contribution in [1.82, 2.24) is 5.32 Å². The second-order valence-corrected chi connectivity index (χ2v) is 4.66. The highest BCUT2D eigenvalue weighted by Gasteiger charge is 2.18. The normalized spacial score (nSPS) is 11.6. The van der Waals surface area contributed by atoms with E-state index in [-0.39, 0.29) is 5.91 Å². The largest absolute Gasteiger partial charge is 0.480 e. The molecule has 0 aliphatic rings. The van der Waals surface area contributed by atoms with Crippen LogP contribution in [0, 0.1) is 0 Å². The number of unbranched alkanes of at least 4 members (excludes halogenated alkanes) is 1. The van der Waals surface area contributed by atoms with Crippen LogP contribution in [-0.2, 0) is 16.0 Å². The highest BCUT2D eigenvalue weighted by molar-refractivity contribution is 5.83. The maximum absolute atomic E-state index is 11.8. The van der Waals surface area contributed by atoms with Gasteiger partial charge >= 0.3 is 5.97 Å². The molecule has 4 nitrogen and oxygen atoms in total. The van der Waals surface area contributed by atoms with Crippen LogP contribution in [-0.4, -0.2) is 23.0 Å². The molecule has 108 valence electrons. The van der Waals surface area contributed by atoms with E-state index in [1.54, 1.807) is 6.08 Å². The quantitative estimate of drug-likeness (QED) is 0.537. The summed E-state index contributed by atoms with van der Waals surface area (Å²) in [7, 11) is 0. The Balaban J connectivity index is 2.37. The summed E-state index contributed by atoms with van der Waals surface area (Å²) >= 11 is 0. The fraction of sp³-hybridized carbons (Fsp3) is 0.375. The van der Waals surface area contributed by atoms with Gasteiger partial charge in [-0.15, -0.1) is 6.58 Å². The van der Waals surface area contributed by atoms with Gasteiger partial charge in [0.1, 0.15) is 6.04 Å². The number of carbonyl (C=O) groups excluding carboxylic acids is 1. The van der Waals surface area contributed by atoms with Crippen LogP contribution < -0.4 is 5.32 Å². The highest BCUT2D eigenvalue weighted by atomic mass is 16.4. The first-order valence-electron chi connectivity index (χ1n) is 6.80. The van der Waals surface area contributed by atoms with Crippen molar-refractivity contribution in [3.05, 3.63) is 48.6 Å². The van der Waals surface area contributed by atoms with E-state index in [0.29, 0.717) is 25.7 Å². The fourth-order valence-corrected chi connectivity index (χ4v) is 1.89. The van der Waals surface area contributed by atoms with Crippen LogP contribution in [0.25, 0.3) is 0 Å². The van der Waals surface area contributed by atoms with Crippen LogP contribution in [0.5, 0.6) is 0 Å². The Morgan fingerprint density at radius 3 is 2.60 bits per heavy atom. The van der Waals surface area contributed by atoms with Gasteiger partial charge in [0.2, 0.25) is 5.91 Å². The van der Waals surface area contributed by atoms with E-state index in [0.717, 1.165) is 12.0 Å². The number of carboxylic acids is 1. The van der Waals surface area contributed by atoms with E-state index >= 15 is 0 Å². The van der Waals surface area contributed by atoms with Crippen LogP contribution in [0.1, 0.15) is 31.2 Å². The molecule has 0 aliphatic heterocycles. The molecule has 0 heterocycles. The molecule has 0 bridgehead atoms. The predicted octanol–water partition coefficient (Wildman–Crippen LogP) is 2.54. The molecule has 0 aromatic heterocycles. The number of aryl methyl sites for hydroxylation is 1. The molecule has 1 atom stereocenters. The molecule has 0 saturated carbocycles. The van der Waals surface area contributed by atoms with Crippen molar-refractivity contribution in [3.63, 3.8) is 0 Å². The van der Waals surface area contributed by atoms with Crippen molar-refractivity contribution in [1.29, 1.82) is 0 Å². The highest BCUT2D eigenvalue weighted by Crippen LogP contribution is 2.05. The van der Waals surface area contributed by atoms with Gasteiger partial charge < -0.3 is 10.4 Å². The minimum atomic E-state index is -0.984. The zero-order chi connectivity index (χ0) is 14.8. The van der Waals surface area contributed by atoms with Crippen LogP contribution in [0.2, 0.25) is 0 Å². The Morgan fingerprint density at radius 2 is 2.00 bits per heavy atom. The monoisotopic (exact) mass is 275 g/mol. The molecule has 0 spiro atoms. The second-order valence-electron chi connectivity index (χ2n) is 4.66. The first-order valence-corrected chi connectivity index (χ1v) is 6.80. The number of amides is 1. The molecule has 0 radical (unpaired) electrons. The molecule has 4 heteroatoms. The third kappa shape index (κ3) is 6.18. The molecule has 20 heavy (non-hydrogen) atoms. The van der Waals surface area contributed by atoms with Gasteiger partial charge in [-0.25, -0.2) is 4.79 Å². The first-order chi connectivity index (χ1) is 9.63. The number of aliphatic carboxylic acids is 1. The van der Waals surface area contributed by atoms with Crippen molar-refractivity contribution in [2.24, 2.45) is 0 Å². The number of carboxylic acid groups (broad SMARTS) is 1. The minimum absolute atomic E-state index is 0.222. The average molecular weight is 275 g/mol. The molecule has 0 fully saturated rings. The van der Waals surface area contributed by atoms with Gasteiger partial charge in [0.15, 0.2) is 0 Å². The fourth-order valence-electron chi connectivity index (χ4n) is 1.89. The van der Waals surface area contributed by atoms with Crippen molar-refractivity contribution < 1.29 is 14.7 Å². The van der Waals surface area contributed by atoms with Crippen molar-refractivity contribution in [3.8, 4) is 0 Å². The summed E-state index contributed by atoms with van der Waals surface area (Å²) in [6.07, 6.45) is 4.55. The zero-order valence-corrected chi connectivity index (χ0v) is 11.5. The van der Waals surface area contributed by atoms with Crippen LogP contribution in [0.4, 0.5) is 0 Å². The lowest BCUT2D eigenvalue weighted by atomic mass is 10.1. The predicted molar refractivity (Wildman–Crippen MR) is 78.4 cm³/mol. The standard InChI is InChI=1S/C16H21NO3/c1-2-3-5-10-14(16(19)20)17-15(18)12-11-13-8-6-4-7-9-13/h2,4,6-9,14H,1,3,5,10-12H2,(H,17,18)(H,19,20)/t14-/m1/s1. The second kappa shape index (κ2) is 8.91. The third-order valence-electron chi connectivity index (χ3n) is 3.02. The smallest absolute Gasteiger partial charge is 0.326 e. The Hall–Kier alpha value is -2.10. The number of allylic oxidation sites excluding steroid dienone is 1. The van der Waals surface area contributed by atoms with Gasteiger partial charge in [-0.05, 0) is 31.2 Å². The number of hydrogen-bond donors (Lipinski definition) is 2. The maximum atomic E-state index is 11.8. The summed E-state index contributed by atoms with van der Waals surface area (Å²) in [6, 6.07) is 8.85. The Labute approximate surface area is 119 Å². The van der Waals surface area contributed by atoms with E-state index in [9.17, 15) is 9.59 Å². The lowest BCUT2D eigenvalue weighted by Crippen LogP contribution is -2.40. The number of rotatable bonds is 9. The molecule has 0 aliphatic carbocycles. The van der Waals surface area contributed by atoms with Crippen LogP contribution in [0.15, 0.2) is 43.0 Å². The molecular weight excluding hydrogens is 254 g/mol. The molecule has 0 saturated heterocycles. The van der Waals surface area contributed by atoms with Crippen molar-refractivity contribution >= 4 is 11.9 Å². The zero-order valence-electron chi connectivity index (χ0n) is 11.5. The average Bonchev–Trinajstić information content (AvgIpc) is 2.45. The molecule has 1 aromatic carbocycles. The SMILES string of the molecule is C=CCCC[C@@H](NC(=O)CCc1ccccc1)C(=O)O. The molecule has 1 amide bonds. The topological polar surface area (TPSA) is 66.4 Å². The molecule has 1 rings (SSSR count). The van der Waals surface area contributed by atoms with E-state index < -0.39 is 12.0 Å². The van der Waals surface area contributed by atoms with Gasteiger partial charge in [0.25, 0.3) is 0 Å². The van der Waals surface area contributed by atoms with Gasteiger partial charge in [0, 0.05) is 6.42 Å². The third-order valence-corrected chi connectivity index (χ3v) is 3.02.